The van der Waals surface area contributed by atoms with Gasteiger partial charge in [0, 0.05) is 17.3 Å². The summed E-state index contributed by atoms with van der Waals surface area (Å²) < 4.78 is 0. The first-order valence-corrected chi connectivity index (χ1v) is 6.64. The number of benzene rings is 1. The predicted octanol–water partition coefficient (Wildman–Crippen LogP) is 2.62. The van der Waals surface area contributed by atoms with Crippen LogP contribution in [0.1, 0.15) is 13.8 Å². The van der Waals surface area contributed by atoms with Gasteiger partial charge >= 0.3 is 0 Å². The van der Waals surface area contributed by atoms with Gasteiger partial charge in [-0.25, -0.2) is 0 Å². The van der Waals surface area contributed by atoms with E-state index in [1.807, 2.05) is 18.0 Å². The van der Waals surface area contributed by atoms with Crippen molar-refractivity contribution < 1.29 is 4.79 Å². The molecule has 1 aromatic carbocycles. The maximum atomic E-state index is 11.9. The third-order valence-corrected chi connectivity index (χ3v) is 3.01. The molecular formula is C14H23Cl2N3O. The molecule has 1 rings (SSSR count). The fourth-order valence-corrected chi connectivity index (χ4v) is 2.05. The number of likely N-dealkylation sites (N-methyl/N-ethyl adjacent to an activating group) is 1. The number of amides is 1. The molecule has 0 saturated heterocycles. The average molecular weight is 320 g/mol. The van der Waals surface area contributed by atoms with Gasteiger partial charge in [-0.2, -0.15) is 0 Å². The number of nitrogens with zero attached hydrogens (tertiary/aromatic N) is 1. The maximum absolute atomic E-state index is 11.9. The molecule has 0 atom stereocenters. The summed E-state index contributed by atoms with van der Waals surface area (Å²) in [6, 6.07) is 7.11. The standard InChI is InChI=1S/C14H22ClN3O.ClH/c1-14(2,9-16)10-18(3)8-13(19)17-12-6-4-5-11(15)7-12;/h4-7H,8-10,16H2,1-3H3,(H,17,19);1H. The lowest BCUT2D eigenvalue weighted by molar-refractivity contribution is -0.117. The van der Waals surface area contributed by atoms with Crippen molar-refractivity contribution >= 4 is 35.6 Å². The highest BCUT2D eigenvalue weighted by atomic mass is 35.5. The second-order valence-corrected chi connectivity index (χ2v) is 6.04. The minimum atomic E-state index is -0.0578. The van der Waals surface area contributed by atoms with Gasteiger partial charge in [-0.1, -0.05) is 31.5 Å². The number of halogens is 2. The number of rotatable bonds is 6. The molecule has 6 heteroatoms. The van der Waals surface area contributed by atoms with Crippen molar-refractivity contribution in [3.63, 3.8) is 0 Å². The molecule has 0 aliphatic rings. The van der Waals surface area contributed by atoms with Crippen LogP contribution in [0.15, 0.2) is 24.3 Å². The minimum Gasteiger partial charge on any atom is -0.330 e. The van der Waals surface area contributed by atoms with Crippen molar-refractivity contribution in [1.29, 1.82) is 0 Å². The number of hydrogen-bond donors (Lipinski definition) is 2. The Kier molecular flexibility index (Phi) is 8.13. The summed E-state index contributed by atoms with van der Waals surface area (Å²) in [6.45, 7) is 5.85. The Labute approximate surface area is 132 Å². The Morgan fingerprint density at radius 1 is 1.45 bits per heavy atom. The van der Waals surface area contributed by atoms with Crippen molar-refractivity contribution in [3.05, 3.63) is 29.3 Å². The van der Waals surface area contributed by atoms with Crippen LogP contribution >= 0.6 is 24.0 Å². The Morgan fingerprint density at radius 2 is 2.10 bits per heavy atom. The van der Waals surface area contributed by atoms with Crippen LogP contribution in [0.5, 0.6) is 0 Å². The zero-order chi connectivity index (χ0) is 14.5. The monoisotopic (exact) mass is 319 g/mol. The highest BCUT2D eigenvalue weighted by molar-refractivity contribution is 6.30. The second-order valence-electron chi connectivity index (χ2n) is 5.60. The molecule has 0 spiro atoms. The number of carbonyl (C=O) groups excluding carboxylic acids is 1. The van der Waals surface area contributed by atoms with E-state index >= 15 is 0 Å². The molecule has 4 nitrogen and oxygen atoms in total. The minimum absolute atomic E-state index is 0. The largest absolute Gasteiger partial charge is 0.330 e. The topological polar surface area (TPSA) is 58.4 Å². The number of nitrogens with one attached hydrogen (secondary N) is 1. The quantitative estimate of drug-likeness (QED) is 0.847. The number of carbonyl (C=O) groups is 1. The lowest BCUT2D eigenvalue weighted by Gasteiger charge is -2.28. The lowest BCUT2D eigenvalue weighted by atomic mass is 9.93. The predicted molar refractivity (Wildman–Crippen MR) is 87.7 cm³/mol. The van der Waals surface area contributed by atoms with E-state index in [0.29, 0.717) is 23.8 Å². The van der Waals surface area contributed by atoms with E-state index in [9.17, 15) is 4.79 Å². The summed E-state index contributed by atoms with van der Waals surface area (Å²) in [5.74, 6) is -0.0578. The molecule has 0 heterocycles. The Bertz CT molecular complexity index is 438. The van der Waals surface area contributed by atoms with E-state index in [1.54, 1.807) is 18.2 Å². The highest BCUT2D eigenvalue weighted by Crippen LogP contribution is 2.16. The fourth-order valence-electron chi connectivity index (χ4n) is 1.86. The number of nitrogens with two attached hydrogens (primary N) is 1. The average Bonchev–Trinajstić information content (AvgIpc) is 2.27. The molecular weight excluding hydrogens is 297 g/mol. The van der Waals surface area contributed by atoms with E-state index < -0.39 is 0 Å². The number of anilines is 1. The third-order valence-electron chi connectivity index (χ3n) is 2.77. The van der Waals surface area contributed by atoms with Crippen molar-refractivity contribution in [2.45, 2.75) is 13.8 Å². The van der Waals surface area contributed by atoms with Gasteiger partial charge in [0.2, 0.25) is 5.91 Å². The van der Waals surface area contributed by atoms with Crippen molar-refractivity contribution in [3.8, 4) is 0 Å². The van der Waals surface area contributed by atoms with Crippen molar-refractivity contribution in [2.24, 2.45) is 11.1 Å². The summed E-state index contributed by atoms with van der Waals surface area (Å²) in [6.07, 6.45) is 0. The SMILES string of the molecule is CN(CC(=O)Nc1cccc(Cl)c1)CC(C)(C)CN.Cl. The van der Waals surface area contributed by atoms with Gasteiger partial charge in [0.1, 0.15) is 0 Å². The maximum Gasteiger partial charge on any atom is 0.238 e. The third kappa shape index (κ3) is 7.10. The van der Waals surface area contributed by atoms with Crippen LogP contribution in [-0.2, 0) is 4.79 Å². The second kappa shape index (κ2) is 8.47. The molecule has 0 saturated carbocycles. The normalized spacial score (nSPS) is 11.1. The first-order valence-electron chi connectivity index (χ1n) is 6.26. The molecule has 1 amide bonds. The summed E-state index contributed by atoms with van der Waals surface area (Å²) in [4.78, 5) is 13.8. The molecule has 0 aliphatic heterocycles. The Hall–Kier alpha value is -0.810. The number of hydrogen-bond acceptors (Lipinski definition) is 3. The smallest absolute Gasteiger partial charge is 0.238 e. The Morgan fingerprint density at radius 3 is 2.65 bits per heavy atom. The fraction of sp³-hybridized carbons (Fsp3) is 0.500. The van der Waals surface area contributed by atoms with Crippen LogP contribution < -0.4 is 11.1 Å². The highest BCUT2D eigenvalue weighted by Gasteiger charge is 2.19. The van der Waals surface area contributed by atoms with Crippen molar-refractivity contribution in [2.75, 3.05) is 32.0 Å². The molecule has 114 valence electrons. The Balaban J connectivity index is 0.00000361. The zero-order valence-corrected chi connectivity index (χ0v) is 13.7. The van der Waals surface area contributed by atoms with E-state index in [4.69, 9.17) is 17.3 Å². The van der Waals surface area contributed by atoms with E-state index in [-0.39, 0.29) is 23.7 Å². The molecule has 3 N–H and O–H groups in total. The van der Waals surface area contributed by atoms with Gasteiger partial charge in [0.05, 0.1) is 6.54 Å². The van der Waals surface area contributed by atoms with Gasteiger partial charge in [-0.05, 0) is 37.2 Å². The summed E-state index contributed by atoms with van der Waals surface area (Å²) in [5.41, 5.74) is 6.40. The van der Waals surface area contributed by atoms with Crippen LogP contribution in [-0.4, -0.2) is 37.5 Å². The first-order chi connectivity index (χ1) is 8.82. The van der Waals surface area contributed by atoms with E-state index in [1.165, 1.54) is 0 Å². The molecule has 0 aliphatic carbocycles. The van der Waals surface area contributed by atoms with Gasteiger partial charge in [-0.15, -0.1) is 12.4 Å². The lowest BCUT2D eigenvalue weighted by Crippen LogP contribution is -2.40. The molecule has 0 unspecified atom stereocenters. The van der Waals surface area contributed by atoms with E-state index in [0.717, 1.165) is 6.54 Å². The molecule has 20 heavy (non-hydrogen) atoms. The van der Waals surface area contributed by atoms with Crippen LogP contribution in [0, 0.1) is 5.41 Å². The van der Waals surface area contributed by atoms with Crippen LogP contribution in [0.2, 0.25) is 5.02 Å². The van der Waals surface area contributed by atoms with Gasteiger partial charge < -0.3 is 11.1 Å². The molecule has 0 aromatic heterocycles. The van der Waals surface area contributed by atoms with Crippen molar-refractivity contribution in [1.82, 2.24) is 4.90 Å². The van der Waals surface area contributed by atoms with Crippen LogP contribution in [0.4, 0.5) is 5.69 Å². The zero-order valence-electron chi connectivity index (χ0n) is 12.1. The van der Waals surface area contributed by atoms with E-state index in [2.05, 4.69) is 19.2 Å². The summed E-state index contributed by atoms with van der Waals surface area (Å²) in [5, 5.41) is 3.43. The van der Waals surface area contributed by atoms with Crippen LogP contribution in [0.25, 0.3) is 0 Å². The van der Waals surface area contributed by atoms with Gasteiger partial charge in [0.25, 0.3) is 0 Å². The molecule has 0 radical (unpaired) electrons. The van der Waals surface area contributed by atoms with Crippen LogP contribution in [0.3, 0.4) is 0 Å². The molecule has 1 aromatic rings. The molecule has 0 fully saturated rings. The molecule has 0 bridgehead atoms. The first kappa shape index (κ1) is 19.2. The summed E-state index contributed by atoms with van der Waals surface area (Å²) in [7, 11) is 1.91. The summed E-state index contributed by atoms with van der Waals surface area (Å²) >= 11 is 5.86. The van der Waals surface area contributed by atoms with Gasteiger partial charge in [-0.3, -0.25) is 9.69 Å². The van der Waals surface area contributed by atoms with Gasteiger partial charge in [0.15, 0.2) is 0 Å².